The highest BCUT2D eigenvalue weighted by molar-refractivity contribution is 7.98. The molecule has 0 unspecified atom stereocenters. The van der Waals surface area contributed by atoms with Crippen LogP contribution >= 0.6 is 23.1 Å². The van der Waals surface area contributed by atoms with Crippen molar-refractivity contribution in [2.24, 2.45) is 0 Å². The maximum Gasteiger partial charge on any atom is 0.138 e. The van der Waals surface area contributed by atoms with E-state index in [9.17, 15) is 4.39 Å². The molecule has 0 aliphatic rings. The summed E-state index contributed by atoms with van der Waals surface area (Å²) in [5.74, 6) is 0.431. The van der Waals surface area contributed by atoms with Crippen LogP contribution in [0.2, 0.25) is 0 Å². The molecule has 0 saturated carbocycles. The van der Waals surface area contributed by atoms with Gasteiger partial charge >= 0.3 is 0 Å². The van der Waals surface area contributed by atoms with Gasteiger partial charge in [0.2, 0.25) is 0 Å². The molecule has 2 nitrogen and oxygen atoms in total. The van der Waals surface area contributed by atoms with Crippen LogP contribution in [0.4, 0.5) is 10.1 Å². The molecule has 17 heavy (non-hydrogen) atoms. The molecule has 2 rings (SSSR count). The molecule has 5 heteroatoms. The molecule has 0 fully saturated rings. The normalized spacial score (nSPS) is 10.8. The number of hydrogen-bond donors (Lipinski definition) is 1. The fourth-order valence-corrected chi connectivity index (χ4v) is 3.22. The highest BCUT2D eigenvalue weighted by atomic mass is 32.2. The zero-order valence-electron chi connectivity index (χ0n) is 9.66. The zero-order chi connectivity index (χ0) is 12.4. The molecule has 0 aliphatic carbocycles. The fourth-order valence-electron chi connectivity index (χ4n) is 1.37. The van der Waals surface area contributed by atoms with E-state index in [0.717, 1.165) is 10.7 Å². The van der Waals surface area contributed by atoms with Crippen molar-refractivity contribution in [2.75, 3.05) is 5.73 Å². The lowest BCUT2D eigenvalue weighted by Gasteiger charge is -2.02. The number of halogens is 1. The quantitative estimate of drug-likeness (QED) is 0.680. The van der Waals surface area contributed by atoms with Crippen LogP contribution in [-0.2, 0) is 5.75 Å². The van der Waals surface area contributed by atoms with Crippen molar-refractivity contribution >= 4 is 28.8 Å². The first-order chi connectivity index (χ1) is 8.06. The molecule has 0 atom stereocenters. The summed E-state index contributed by atoms with van der Waals surface area (Å²) in [6, 6.07) is 4.77. The van der Waals surface area contributed by atoms with Gasteiger partial charge in [-0.3, -0.25) is 0 Å². The van der Waals surface area contributed by atoms with Gasteiger partial charge in [0, 0.05) is 15.5 Å². The molecular formula is C12H13FN2S2. The van der Waals surface area contributed by atoms with Crippen LogP contribution in [0.25, 0.3) is 0 Å². The third kappa shape index (κ3) is 2.98. The van der Waals surface area contributed by atoms with E-state index >= 15 is 0 Å². The molecule has 2 N–H and O–H groups in total. The number of nitrogen functional groups attached to an aromatic ring is 1. The maximum atomic E-state index is 13.5. The van der Waals surface area contributed by atoms with Gasteiger partial charge in [-0.15, -0.1) is 23.1 Å². The fraction of sp³-hybridized carbons (Fsp3) is 0.250. The molecule has 0 spiro atoms. The number of aryl methyl sites for hydroxylation is 2. The molecule has 0 radical (unpaired) electrons. The lowest BCUT2D eigenvalue weighted by molar-refractivity contribution is 0.603. The maximum absolute atomic E-state index is 13.5. The summed E-state index contributed by atoms with van der Waals surface area (Å²) in [5, 5.41) is 1.03. The second-order valence-electron chi connectivity index (χ2n) is 3.73. The van der Waals surface area contributed by atoms with E-state index in [2.05, 4.69) is 4.98 Å². The van der Waals surface area contributed by atoms with Crippen molar-refractivity contribution in [2.45, 2.75) is 24.5 Å². The van der Waals surface area contributed by atoms with E-state index in [-0.39, 0.29) is 5.82 Å². The van der Waals surface area contributed by atoms with Crippen molar-refractivity contribution in [3.63, 3.8) is 0 Å². The van der Waals surface area contributed by atoms with Gasteiger partial charge in [-0.1, -0.05) is 0 Å². The molecule has 1 heterocycles. The van der Waals surface area contributed by atoms with Crippen LogP contribution in [0.3, 0.4) is 0 Å². The van der Waals surface area contributed by atoms with Crippen LogP contribution in [-0.4, -0.2) is 4.98 Å². The number of thioether (sulfide) groups is 1. The summed E-state index contributed by atoms with van der Waals surface area (Å²) in [6.07, 6.45) is 0. The minimum absolute atomic E-state index is 0.264. The highest BCUT2D eigenvalue weighted by Crippen LogP contribution is 2.29. The summed E-state index contributed by atoms with van der Waals surface area (Å²) < 4.78 is 13.5. The Hall–Kier alpha value is -1.07. The van der Waals surface area contributed by atoms with Crippen LogP contribution in [0, 0.1) is 19.7 Å². The lowest BCUT2D eigenvalue weighted by atomic mass is 10.3. The molecule has 0 amide bonds. The topological polar surface area (TPSA) is 38.9 Å². The average Bonchev–Trinajstić information content (AvgIpc) is 2.57. The predicted octanol–water partition coefficient (Wildman–Crippen LogP) is 3.77. The van der Waals surface area contributed by atoms with Crippen LogP contribution in [0.15, 0.2) is 23.1 Å². The molecular weight excluding hydrogens is 255 g/mol. The monoisotopic (exact) mass is 268 g/mol. The van der Waals surface area contributed by atoms with Crippen LogP contribution in [0.1, 0.15) is 15.6 Å². The van der Waals surface area contributed by atoms with Gasteiger partial charge in [-0.25, -0.2) is 9.37 Å². The number of thiazole rings is 1. The van der Waals surface area contributed by atoms with E-state index < -0.39 is 0 Å². The Balaban J connectivity index is 2.07. The summed E-state index contributed by atoms with van der Waals surface area (Å²) in [7, 11) is 0. The number of nitrogens with zero attached hydrogens (tertiary/aromatic N) is 1. The number of aromatic nitrogens is 1. The first-order valence-electron chi connectivity index (χ1n) is 5.17. The largest absolute Gasteiger partial charge is 0.399 e. The van der Waals surface area contributed by atoms with Crippen molar-refractivity contribution in [3.05, 3.63) is 39.6 Å². The molecule has 1 aromatic carbocycles. The molecule has 0 aliphatic heterocycles. The van der Waals surface area contributed by atoms with Gasteiger partial charge < -0.3 is 5.73 Å². The minimum Gasteiger partial charge on any atom is -0.399 e. The Bertz CT molecular complexity index is 518. The van der Waals surface area contributed by atoms with Gasteiger partial charge in [0.15, 0.2) is 0 Å². The van der Waals surface area contributed by atoms with Crippen molar-refractivity contribution in [1.29, 1.82) is 0 Å². The number of benzene rings is 1. The summed E-state index contributed by atoms with van der Waals surface area (Å²) in [4.78, 5) is 6.26. The second kappa shape index (κ2) is 5.06. The first-order valence-corrected chi connectivity index (χ1v) is 6.97. The smallest absolute Gasteiger partial charge is 0.138 e. The Morgan fingerprint density at radius 2 is 2.18 bits per heavy atom. The third-order valence-electron chi connectivity index (χ3n) is 2.38. The van der Waals surface area contributed by atoms with E-state index in [1.54, 1.807) is 23.5 Å². The van der Waals surface area contributed by atoms with E-state index in [1.807, 2.05) is 13.8 Å². The number of hydrogen-bond acceptors (Lipinski definition) is 4. The number of nitrogens with two attached hydrogens (primary N) is 1. The summed E-state index contributed by atoms with van der Waals surface area (Å²) in [5.41, 5.74) is 7.01. The Morgan fingerprint density at radius 3 is 2.76 bits per heavy atom. The SMILES string of the molecule is Cc1nc(CSc2ccc(N)cc2F)sc1C. The molecule has 90 valence electrons. The van der Waals surface area contributed by atoms with E-state index in [1.165, 1.54) is 22.7 Å². The van der Waals surface area contributed by atoms with Gasteiger partial charge in [0.1, 0.15) is 10.8 Å². The van der Waals surface area contributed by atoms with Crippen molar-refractivity contribution in [1.82, 2.24) is 4.98 Å². The molecule has 0 bridgehead atoms. The Morgan fingerprint density at radius 1 is 1.41 bits per heavy atom. The zero-order valence-corrected chi connectivity index (χ0v) is 11.3. The molecule has 0 saturated heterocycles. The minimum atomic E-state index is -0.264. The van der Waals surface area contributed by atoms with Crippen molar-refractivity contribution < 1.29 is 4.39 Å². The predicted molar refractivity (Wildman–Crippen MR) is 72.0 cm³/mol. The molecule has 2 aromatic rings. The van der Waals surface area contributed by atoms with Gasteiger partial charge in [-0.05, 0) is 32.0 Å². The van der Waals surface area contributed by atoms with Crippen LogP contribution < -0.4 is 5.73 Å². The van der Waals surface area contributed by atoms with Gasteiger partial charge in [0.05, 0.1) is 11.4 Å². The lowest BCUT2D eigenvalue weighted by Crippen LogP contribution is -1.88. The first kappa shape index (κ1) is 12.4. The average molecular weight is 268 g/mol. The Kier molecular flexibility index (Phi) is 3.69. The van der Waals surface area contributed by atoms with Crippen LogP contribution in [0.5, 0.6) is 0 Å². The van der Waals surface area contributed by atoms with E-state index in [0.29, 0.717) is 16.3 Å². The third-order valence-corrected chi connectivity index (χ3v) is 4.70. The summed E-state index contributed by atoms with van der Waals surface area (Å²) >= 11 is 3.11. The molecule has 1 aromatic heterocycles. The number of anilines is 1. The van der Waals surface area contributed by atoms with Gasteiger partial charge in [0.25, 0.3) is 0 Å². The second-order valence-corrected chi connectivity index (χ2v) is 6.03. The standard InChI is InChI=1S/C12H13FN2S2/c1-7-8(2)17-12(15-7)6-16-11-4-3-9(14)5-10(11)13/h3-5H,6,14H2,1-2H3. The van der Waals surface area contributed by atoms with Gasteiger partial charge in [-0.2, -0.15) is 0 Å². The summed E-state index contributed by atoms with van der Waals surface area (Å²) in [6.45, 7) is 4.04. The van der Waals surface area contributed by atoms with Crippen molar-refractivity contribution in [3.8, 4) is 0 Å². The van der Waals surface area contributed by atoms with E-state index in [4.69, 9.17) is 5.73 Å². The Labute approximate surface area is 108 Å². The highest BCUT2D eigenvalue weighted by Gasteiger charge is 2.07. The number of rotatable bonds is 3.